The van der Waals surface area contributed by atoms with Crippen LogP contribution in [0.5, 0.6) is 0 Å². The van der Waals surface area contributed by atoms with Crippen molar-refractivity contribution < 1.29 is 0 Å². The van der Waals surface area contributed by atoms with Crippen LogP contribution in [-0.4, -0.2) is 15.0 Å². The smallest absolute Gasteiger partial charge is 0.224 e. The Morgan fingerprint density at radius 1 is 0.815 bits per heavy atom. The maximum Gasteiger partial charge on any atom is 0.224 e. The van der Waals surface area contributed by atoms with E-state index < -0.39 is 0 Å². The number of nitrogen functional groups attached to an aromatic ring is 2. The number of nitrogens with zero attached hydrogens (tertiary/aromatic N) is 3. The molecule has 4 rings (SSSR count). The van der Waals surface area contributed by atoms with Crippen molar-refractivity contribution in [2.24, 2.45) is 0 Å². The fourth-order valence-electron chi connectivity index (χ4n) is 2.93. The molecule has 0 aliphatic rings. The summed E-state index contributed by atoms with van der Waals surface area (Å²) >= 11 is 0. The van der Waals surface area contributed by atoms with Gasteiger partial charge in [0, 0.05) is 0 Å². The van der Waals surface area contributed by atoms with Crippen molar-refractivity contribution in [3.8, 4) is 0 Å². The minimum Gasteiger partial charge on any atom is -0.383 e. The predicted molar refractivity (Wildman–Crippen MR) is 108 cm³/mol. The number of benzene rings is 2. The van der Waals surface area contributed by atoms with E-state index >= 15 is 0 Å². The maximum atomic E-state index is 5.94. The Morgan fingerprint density at radius 2 is 1.44 bits per heavy atom. The summed E-state index contributed by atoms with van der Waals surface area (Å²) in [6.07, 6.45) is 1.67. The second-order valence-electron chi connectivity index (χ2n) is 6.09. The molecule has 2 aromatic carbocycles. The number of hydrogen-bond acceptors (Lipinski definition) is 7. The van der Waals surface area contributed by atoms with Gasteiger partial charge in [0.2, 0.25) is 5.95 Å². The maximum absolute atomic E-state index is 5.94. The number of aromatic nitrogens is 3. The molecule has 7 nitrogen and oxygen atoms in total. The topological polar surface area (TPSA) is 115 Å². The molecule has 134 valence electrons. The van der Waals surface area contributed by atoms with E-state index in [2.05, 4.69) is 50.1 Å². The molecule has 0 bridgehead atoms. The van der Waals surface area contributed by atoms with Gasteiger partial charge in [0.25, 0.3) is 0 Å². The summed E-state index contributed by atoms with van der Waals surface area (Å²) < 4.78 is 0. The van der Waals surface area contributed by atoms with Crippen LogP contribution in [0.15, 0.2) is 72.9 Å². The van der Waals surface area contributed by atoms with Gasteiger partial charge in [0.1, 0.15) is 5.82 Å². The Bertz CT molecular complexity index is 1010. The van der Waals surface area contributed by atoms with Gasteiger partial charge in [-0.05, 0) is 17.2 Å². The summed E-state index contributed by atoms with van der Waals surface area (Å²) in [5.74, 6) is 0.413. The standard InChI is InChI=1S/C20H19N7/c21-18-16-11-15(12-23-19(16)25-20(22)24-18)26-27-17(13-7-3-1-4-8-13)14-9-5-2-6-10-14/h1-12,17,26-27H,(H4,21,22,23,24,25). The molecule has 0 radical (unpaired) electrons. The van der Waals surface area contributed by atoms with Crippen LogP contribution in [0.1, 0.15) is 17.2 Å². The van der Waals surface area contributed by atoms with E-state index in [-0.39, 0.29) is 12.0 Å². The minimum atomic E-state index is -0.0388. The summed E-state index contributed by atoms with van der Waals surface area (Å²) in [5, 5.41) is 0.645. The van der Waals surface area contributed by atoms with Crippen LogP contribution in [0.25, 0.3) is 11.0 Å². The Morgan fingerprint density at radius 3 is 2.07 bits per heavy atom. The van der Waals surface area contributed by atoms with Crippen LogP contribution in [-0.2, 0) is 0 Å². The molecular formula is C20H19N7. The van der Waals surface area contributed by atoms with E-state index in [0.717, 1.165) is 16.8 Å². The van der Waals surface area contributed by atoms with E-state index in [1.807, 2.05) is 42.5 Å². The lowest BCUT2D eigenvalue weighted by Gasteiger charge is -2.21. The minimum absolute atomic E-state index is 0.0388. The van der Waals surface area contributed by atoms with Crippen molar-refractivity contribution in [3.05, 3.63) is 84.1 Å². The fraction of sp³-hybridized carbons (Fsp3) is 0.0500. The number of fused-ring (bicyclic) bond motifs is 1. The van der Waals surface area contributed by atoms with Crippen LogP contribution >= 0.6 is 0 Å². The highest BCUT2D eigenvalue weighted by Crippen LogP contribution is 2.23. The third-order valence-corrected chi connectivity index (χ3v) is 4.22. The third-order valence-electron chi connectivity index (χ3n) is 4.22. The molecule has 0 saturated heterocycles. The number of nitrogens with two attached hydrogens (primary N) is 2. The Balaban J connectivity index is 1.62. The molecule has 7 heteroatoms. The van der Waals surface area contributed by atoms with Crippen molar-refractivity contribution in [2.75, 3.05) is 16.9 Å². The van der Waals surface area contributed by atoms with Crippen molar-refractivity contribution in [2.45, 2.75) is 6.04 Å². The van der Waals surface area contributed by atoms with Crippen molar-refractivity contribution in [1.82, 2.24) is 20.4 Å². The van der Waals surface area contributed by atoms with Gasteiger partial charge in [-0.25, -0.2) is 10.4 Å². The molecule has 0 amide bonds. The van der Waals surface area contributed by atoms with Crippen molar-refractivity contribution in [1.29, 1.82) is 0 Å². The van der Waals surface area contributed by atoms with E-state index in [1.54, 1.807) is 6.20 Å². The van der Waals surface area contributed by atoms with Gasteiger partial charge < -0.3 is 16.9 Å². The first-order chi connectivity index (χ1) is 13.2. The van der Waals surface area contributed by atoms with Gasteiger partial charge in [-0.3, -0.25) is 0 Å². The SMILES string of the molecule is Nc1nc(N)c2cc(NNC(c3ccccc3)c3ccccc3)cnc2n1. The van der Waals surface area contributed by atoms with Crippen LogP contribution in [0.4, 0.5) is 17.5 Å². The zero-order valence-corrected chi connectivity index (χ0v) is 14.5. The quantitative estimate of drug-likeness (QED) is 0.406. The summed E-state index contributed by atoms with van der Waals surface area (Å²) in [6, 6.07) is 22.2. The molecule has 0 fully saturated rings. The van der Waals surface area contributed by atoms with E-state index in [9.17, 15) is 0 Å². The lowest BCUT2D eigenvalue weighted by Crippen LogP contribution is -2.28. The van der Waals surface area contributed by atoms with Crippen LogP contribution in [0, 0.1) is 0 Å². The molecule has 2 aromatic heterocycles. The van der Waals surface area contributed by atoms with Gasteiger partial charge in [0.15, 0.2) is 5.65 Å². The molecule has 0 spiro atoms. The zero-order chi connectivity index (χ0) is 18.6. The van der Waals surface area contributed by atoms with Gasteiger partial charge in [0.05, 0.1) is 23.3 Å². The average Bonchev–Trinajstić information content (AvgIpc) is 2.70. The molecular weight excluding hydrogens is 338 g/mol. The van der Waals surface area contributed by atoms with E-state index in [4.69, 9.17) is 11.5 Å². The summed E-state index contributed by atoms with van der Waals surface area (Å²) in [6.45, 7) is 0. The number of anilines is 3. The lowest BCUT2D eigenvalue weighted by molar-refractivity contribution is 0.682. The Labute approximate surface area is 156 Å². The first-order valence-electron chi connectivity index (χ1n) is 8.51. The summed E-state index contributed by atoms with van der Waals surface area (Å²) in [4.78, 5) is 12.4. The van der Waals surface area contributed by atoms with Crippen molar-refractivity contribution >= 4 is 28.5 Å². The molecule has 0 atom stereocenters. The third kappa shape index (κ3) is 3.63. The zero-order valence-electron chi connectivity index (χ0n) is 14.5. The Hall–Kier alpha value is -3.71. The summed E-state index contributed by atoms with van der Waals surface area (Å²) in [5.41, 5.74) is 21.6. The molecule has 6 N–H and O–H groups in total. The molecule has 4 aromatic rings. The highest BCUT2D eigenvalue weighted by molar-refractivity contribution is 5.88. The van der Waals surface area contributed by atoms with E-state index in [1.165, 1.54) is 0 Å². The van der Waals surface area contributed by atoms with Gasteiger partial charge in [-0.15, -0.1) is 0 Å². The molecule has 0 aliphatic carbocycles. The monoisotopic (exact) mass is 357 g/mol. The average molecular weight is 357 g/mol. The van der Waals surface area contributed by atoms with Crippen LogP contribution in [0.3, 0.4) is 0 Å². The van der Waals surface area contributed by atoms with Crippen LogP contribution < -0.4 is 22.3 Å². The number of hydrogen-bond donors (Lipinski definition) is 4. The van der Waals surface area contributed by atoms with Crippen molar-refractivity contribution in [3.63, 3.8) is 0 Å². The largest absolute Gasteiger partial charge is 0.383 e. The number of hydrazine groups is 1. The molecule has 27 heavy (non-hydrogen) atoms. The molecule has 0 aliphatic heterocycles. The number of pyridine rings is 1. The molecule has 0 unspecified atom stereocenters. The van der Waals surface area contributed by atoms with Gasteiger partial charge in [-0.2, -0.15) is 9.97 Å². The van der Waals surface area contributed by atoms with E-state index in [0.29, 0.717) is 16.9 Å². The summed E-state index contributed by atoms with van der Waals surface area (Å²) in [7, 11) is 0. The van der Waals surface area contributed by atoms with Gasteiger partial charge in [-0.1, -0.05) is 60.7 Å². The molecule has 0 saturated carbocycles. The second kappa shape index (κ2) is 7.27. The predicted octanol–water partition coefficient (Wildman–Crippen LogP) is 2.90. The lowest BCUT2D eigenvalue weighted by atomic mass is 9.99. The van der Waals surface area contributed by atoms with Crippen LogP contribution in [0.2, 0.25) is 0 Å². The highest BCUT2D eigenvalue weighted by atomic mass is 15.4. The number of nitrogens with one attached hydrogen (secondary N) is 2. The Kier molecular flexibility index (Phi) is 4.51. The first kappa shape index (κ1) is 16.7. The second-order valence-corrected chi connectivity index (χ2v) is 6.09. The first-order valence-corrected chi connectivity index (χ1v) is 8.51. The van der Waals surface area contributed by atoms with Gasteiger partial charge >= 0.3 is 0 Å². The number of rotatable bonds is 5. The highest BCUT2D eigenvalue weighted by Gasteiger charge is 2.13. The molecule has 2 heterocycles. The fourth-order valence-corrected chi connectivity index (χ4v) is 2.93. The normalized spacial score (nSPS) is 11.0.